The van der Waals surface area contributed by atoms with Crippen LogP contribution in [0.25, 0.3) is 105 Å². The molecule has 12 rings (SSSR count). The summed E-state index contributed by atoms with van der Waals surface area (Å²) in [6.45, 7) is 3.91. The van der Waals surface area contributed by atoms with Gasteiger partial charge in [0.2, 0.25) is 0 Å². The van der Waals surface area contributed by atoms with Crippen LogP contribution >= 0.6 is 0 Å². The van der Waals surface area contributed by atoms with E-state index in [1.807, 2.05) is 62.5 Å². The minimum Gasteiger partial charge on any atom is -0.501 e. The molecule has 0 aliphatic heterocycles. The zero-order chi connectivity index (χ0) is 46.6. The summed E-state index contributed by atoms with van der Waals surface area (Å²) in [6, 6.07) is 74.3. The number of imidazole rings is 1. The number of rotatable bonds is 7. The topological polar surface area (TPSA) is 43.9 Å². The molecule has 3 aromatic heterocycles. The number of pyridine rings is 1. The molecule has 0 amide bonds. The molecule has 4 nitrogen and oxygen atoms in total. The minimum atomic E-state index is -2.03. The fourth-order valence-corrected chi connectivity index (χ4v) is 12.8. The van der Waals surface area contributed by atoms with Gasteiger partial charge in [0, 0.05) is 36.6 Å². The SMILES string of the molecule is [2H]C(C)(C)c1cc(-c2[c-]cccc2)nc[c]1[Ge]([CH3])([CH3])[CH3].[Ir].[c-]1cc(-c2ccccc2)c2c(oc3ccccc32)c1-c1nc2c3ccc4ccccc4c3ccc2n1-c1cccc(-c2ccccc2)c1. The summed E-state index contributed by atoms with van der Waals surface area (Å²) in [5.41, 5.74) is 13.0. The van der Waals surface area contributed by atoms with Crippen molar-refractivity contribution in [1.82, 2.24) is 14.5 Å². The molecule has 12 aromatic rings. The maximum absolute atomic E-state index is 8.44. The van der Waals surface area contributed by atoms with Gasteiger partial charge in [0.05, 0.1) is 22.4 Å². The molecule has 1 radical (unpaired) electrons. The third-order valence-corrected chi connectivity index (χ3v) is 17.0. The van der Waals surface area contributed by atoms with E-state index < -0.39 is 19.2 Å². The van der Waals surface area contributed by atoms with Gasteiger partial charge >= 0.3 is 120 Å². The number of hydrogen-bond donors (Lipinski definition) is 0. The predicted octanol–water partition coefficient (Wildman–Crippen LogP) is 16.2. The third kappa shape index (κ3) is 8.30. The monoisotopic (exact) mass is 1120 g/mol. The Morgan fingerprint density at radius 2 is 1.32 bits per heavy atom. The summed E-state index contributed by atoms with van der Waals surface area (Å²) in [6.07, 6.45) is 2.00. The molecule has 0 atom stereocenters. The molecular formula is C62H49GeIrN3O-2. The molecule has 0 saturated heterocycles. The maximum Gasteiger partial charge on any atom is 0.120 e. The van der Waals surface area contributed by atoms with E-state index >= 15 is 0 Å². The van der Waals surface area contributed by atoms with Gasteiger partial charge in [0.1, 0.15) is 5.58 Å². The molecule has 0 spiro atoms. The van der Waals surface area contributed by atoms with Gasteiger partial charge in [-0.15, -0.1) is 12.1 Å². The standard InChI is InChI=1S/C45H27N2O.C17H22GeN.Ir/c1-3-12-29(13-4-1)32-17-11-18-33(28-32)47-40-27-26-36-34-19-8-7-16-31(34)22-23-37(36)43(40)46-45(47)39-25-24-35(30-14-5-2-6-15-30)42-38-20-9-10-21-41(38)48-44(39)42;1-13(2)15-11-17(14-9-7-6-8-10-14)19-12-16(15)18(3,4)5;/h1-24,26-28H;6-9,11-13H,1-5H3;/q2*-1;/i;13D;. The Hall–Kier alpha value is -6.89. The normalized spacial score (nSPS) is 12.0. The smallest absolute Gasteiger partial charge is 0.120 e. The van der Waals surface area contributed by atoms with Gasteiger partial charge in [-0.05, 0) is 56.9 Å². The Morgan fingerprint density at radius 3 is 2.07 bits per heavy atom. The van der Waals surface area contributed by atoms with E-state index in [0.29, 0.717) is 0 Å². The number of furan rings is 1. The van der Waals surface area contributed by atoms with Crippen LogP contribution in [-0.4, -0.2) is 27.8 Å². The second kappa shape index (κ2) is 18.7. The van der Waals surface area contributed by atoms with Crippen LogP contribution in [0.5, 0.6) is 0 Å². The quantitative estimate of drug-likeness (QED) is 0.0907. The molecule has 68 heavy (non-hydrogen) atoms. The fraction of sp³-hybridized carbons (Fsp3) is 0.0968. The number of para-hydroxylation sites is 1. The second-order valence-electron chi connectivity index (χ2n) is 18.4. The van der Waals surface area contributed by atoms with E-state index in [1.54, 1.807) is 0 Å². The first-order valence-corrected chi connectivity index (χ1v) is 30.2. The van der Waals surface area contributed by atoms with Crippen molar-refractivity contribution in [2.24, 2.45) is 0 Å². The van der Waals surface area contributed by atoms with Crippen molar-refractivity contribution in [3.8, 4) is 50.6 Å². The van der Waals surface area contributed by atoms with Crippen LogP contribution in [0.3, 0.4) is 0 Å². The molecule has 0 bridgehead atoms. The zero-order valence-corrected chi connectivity index (χ0v) is 43.1. The van der Waals surface area contributed by atoms with E-state index in [0.717, 1.165) is 88.9 Å². The summed E-state index contributed by atoms with van der Waals surface area (Å²) >= 11 is -2.03. The third-order valence-electron chi connectivity index (χ3n) is 12.8. The van der Waals surface area contributed by atoms with E-state index in [-0.39, 0.29) is 20.1 Å². The summed E-state index contributed by atoms with van der Waals surface area (Å²) in [7, 11) is 0. The number of hydrogen-bond acceptors (Lipinski definition) is 3. The van der Waals surface area contributed by atoms with Crippen molar-refractivity contribution in [3.63, 3.8) is 0 Å². The fourth-order valence-electron chi connectivity index (χ4n) is 9.46. The van der Waals surface area contributed by atoms with Crippen LogP contribution in [-0.2, 0) is 20.1 Å². The number of fused-ring (bicyclic) bond motifs is 8. The number of nitrogens with zero attached hydrogens (tertiary/aromatic N) is 3. The molecule has 0 saturated carbocycles. The van der Waals surface area contributed by atoms with Crippen LogP contribution in [0.1, 0.15) is 26.7 Å². The van der Waals surface area contributed by atoms with Crippen LogP contribution < -0.4 is 4.40 Å². The van der Waals surface area contributed by atoms with Crippen molar-refractivity contribution in [2.45, 2.75) is 37.0 Å². The molecule has 3 heterocycles. The van der Waals surface area contributed by atoms with Crippen LogP contribution in [0.4, 0.5) is 0 Å². The van der Waals surface area contributed by atoms with Gasteiger partial charge in [0.15, 0.2) is 0 Å². The molecule has 0 unspecified atom stereocenters. The largest absolute Gasteiger partial charge is 0.501 e. The van der Waals surface area contributed by atoms with Crippen molar-refractivity contribution in [2.75, 3.05) is 0 Å². The molecule has 333 valence electrons. The Morgan fingerprint density at radius 1 is 0.632 bits per heavy atom. The first-order chi connectivity index (χ1) is 33.0. The number of benzene rings is 9. The van der Waals surface area contributed by atoms with Gasteiger partial charge in [-0.2, -0.15) is 0 Å². The molecule has 0 fully saturated rings. The molecule has 0 aliphatic carbocycles. The van der Waals surface area contributed by atoms with Gasteiger partial charge in [-0.1, -0.05) is 150 Å². The average molecular weight is 1120 g/mol. The average Bonchev–Trinajstić information content (AvgIpc) is 3.96. The Balaban J connectivity index is 0.000000223. The zero-order valence-electron chi connectivity index (χ0n) is 39.6. The molecule has 9 aromatic carbocycles. The van der Waals surface area contributed by atoms with Crippen LogP contribution in [0, 0.1) is 12.1 Å². The van der Waals surface area contributed by atoms with Crippen LogP contribution in [0.2, 0.25) is 17.3 Å². The van der Waals surface area contributed by atoms with E-state index in [9.17, 15) is 0 Å². The van der Waals surface area contributed by atoms with Gasteiger partial charge in [-0.3, -0.25) is 4.98 Å². The van der Waals surface area contributed by atoms with Crippen molar-refractivity contribution >= 4 is 72.2 Å². The Bertz CT molecular complexity index is 3820. The second-order valence-corrected chi connectivity index (χ2v) is 29.0. The van der Waals surface area contributed by atoms with E-state index in [1.165, 1.54) is 26.1 Å². The summed E-state index contributed by atoms with van der Waals surface area (Å²) in [4.78, 5) is 10.1. The molecular weight excluding hydrogens is 1070 g/mol. The first kappa shape index (κ1) is 43.7. The van der Waals surface area contributed by atoms with Crippen molar-refractivity contribution in [1.29, 1.82) is 0 Å². The molecule has 6 heteroatoms. The van der Waals surface area contributed by atoms with Gasteiger partial charge in [0.25, 0.3) is 0 Å². The molecule has 0 N–H and O–H groups in total. The van der Waals surface area contributed by atoms with E-state index in [2.05, 4.69) is 191 Å². The van der Waals surface area contributed by atoms with Crippen molar-refractivity contribution in [3.05, 3.63) is 218 Å². The minimum absolute atomic E-state index is 0. The van der Waals surface area contributed by atoms with Gasteiger partial charge in [-0.25, -0.2) is 0 Å². The Labute approximate surface area is 415 Å². The number of aromatic nitrogens is 3. The first-order valence-electron chi connectivity index (χ1n) is 23.4. The summed E-state index contributed by atoms with van der Waals surface area (Å²) in [5.74, 6) is 7.24. The van der Waals surface area contributed by atoms with Crippen molar-refractivity contribution < 1.29 is 25.9 Å². The predicted molar refractivity (Wildman–Crippen MR) is 284 cm³/mol. The van der Waals surface area contributed by atoms with Crippen LogP contribution in [0.15, 0.2) is 205 Å². The van der Waals surface area contributed by atoms with E-state index in [4.69, 9.17) is 10.8 Å². The van der Waals surface area contributed by atoms with Gasteiger partial charge < -0.3 is 8.98 Å². The summed E-state index contributed by atoms with van der Waals surface area (Å²) < 4.78 is 18.8. The maximum atomic E-state index is 8.44. The molecule has 0 aliphatic rings. The summed E-state index contributed by atoms with van der Waals surface area (Å²) in [5, 5.41) is 6.88. The Kier molecular flexibility index (Phi) is 12.0.